The Labute approximate surface area is 135 Å². The quantitative estimate of drug-likeness (QED) is 0.735. The minimum Gasteiger partial charge on any atom is -0.392 e. The average Bonchev–Trinajstić information content (AvgIpc) is 2.60. The molecule has 3 heteroatoms. The summed E-state index contributed by atoms with van der Waals surface area (Å²) in [4.78, 5) is 0. The van der Waals surface area contributed by atoms with Crippen molar-refractivity contribution in [2.45, 2.75) is 26.1 Å². The standard InChI is InChI=1S/C20H20FNO/c1-14(18-8-4-6-16-5-2-3-7-19(16)18)22-12-15-9-10-20(21)17(11-15)13-23/h2-11,14,22-23H,12-13H2,1H3. The highest BCUT2D eigenvalue weighted by Gasteiger charge is 2.09. The van der Waals surface area contributed by atoms with Gasteiger partial charge < -0.3 is 10.4 Å². The fourth-order valence-corrected chi connectivity index (χ4v) is 2.87. The van der Waals surface area contributed by atoms with Gasteiger partial charge in [-0.1, -0.05) is 48.5 Å². The summed E-state index contributed by atoms with van der Waals surface area (Å²) in [5.41, 5.74) is 2.54. The molecule has 1 atom stereocenters. The van der Waals surface area contributed by atoms with Gasteiger partial charge in [-0.05, 0) is 41.0 Å². The van der Waals surface area contributed by atoms with E-state index in [0.717, 1.165) is 5.56 Å². The molecule has 0 aliphatic rings. The van der Waals surface area contributed by atoms with Gasteiger partial charge in [0.1, 0.15) is 5.82 Å². The van der Waals surface area contributed by atoms with Crippen LogP contribution in [-0.2, 0) is 13.2 Å². The van der Waals surface area contributed by atoms with Crippen molar-refractivity contribution in [3.05, 3.63) is 83.2 Å². The maximum atomic E-state index is 13.4. The summed E-state index contributed by atoms with van der Waals surface area (Å²) in [6.45, 7) is 2.47. The fraction of sp³-hybridized carbons (Fsp3) is 0.200. The molecule has 0 bridgehead atoms. The lowest BCUT2D eigenvalue weighted by atomic mass is 9.99. The lowest BCUT2D eigenvalue weighted by Crippen LogP contribution is -2.18. The summed E-state index contributed by atoms with van der Waals surface area (Å²) >= 11 is 0. The Morgan fingerprint density at radius 1 is 1.04 bits per heavy atom. The largest absolute Gasteiger partial charge is 0.392 e. The zero-order valence-electron chi connectivity index (χ0n) is 13.1. The summed E-state index contributed by atoms with van der Waals surface area (Å²) in [6, 6.07) is 19.7. The molecule has 3 rings (SSSR count). The summed E-state index contributed by atoms with van der Waals surface area (Å²) in [5, 5.41) is 15.1. The first-order valence-corrected chi connectivity index (χ1v) is 7.78. The first-order chi connectivity index (χ1) is 11.2. The molecule has 1 unspecified atom stereocenters. The zero-order valence-corrected chi connectivity index (χ0v) is 13.1. The molecule has 2 N–H and O–H groups in total. The Balaban J connectivity index is 1.77. The van der Waals surface area contributed by atoms with Crippen LogP contribution < -0.4 is 5.32 Å². The van der Waals surface area contributed by atoms with Gasteiger partial charge in [-0.2, -0.15) is 0 Å². The minimum absolute atomic E-state index is 0.170. The molecule has 0 aromatic heterocycles. The molecule has 0 amide bonds. The zero-order chi connectivity index (χ0) is 16.2. The maximum Gasteiger partial charge on any atom is 0.128 e. The van der Waals surface area contributed by atoms with Gasteiger partial charge in [-0.25, -0.2) is 4.39 Å². The lowest BCUT2D eigenvalue weighted by molar-refractivity contribution is 0.275. The third-order valence-corrected chi connectivity index (χ3v) is 4.18. The SMILES string of the molecule is CC(NCc1ccc(F)c(CO)c1)c1cccc2ccccc12. The highest BCUT2D eigenvalue weighted by molar-refractivity contribution is 5.86. The monoisotopic (exact) mass is 309 g/mol. The van der Waals surface area contributed by atoms with Crippen molar-refractivity contribution in [2.75, 3.05) is 0 Å². The van der Waals surface area contributed by atoms with Gasteiger partial charge in [-0.15, -0.1) is 0 Å². The molecule has 0 spiro atoms. The second-order valence-electron chi connectivity index (χ2n) is 5.75. The molecule has 0 fully saturated rings. The molecule has 3 aromatic rings. The van der Waals surface area contributed by atoms with Crippen molar-refractivity contribution in [1.82, 2.24) is 5.32 Å². The second-order valence-corrected chi connectivity index (χ2v) is 5.75. The van der Waals surface area contributed by atoms with Crippen molar-refractivity contribution in [3.63, 3.8) is 0 Å². The average molecular weight is 309 g/mol. The molecule has 0 heterocycles. The Morgan fingerprint density at radius 2 is 1.83 bits per heavy atom. The van der Waals surface area contributed by atoms with E-state index in [0.29, 0.717) is 12.1 Å². The summed E-state index contributed by atoms with van der Waals surface area (Å²) < 4.78 is 13.4. The van der Waals surface area contributed by atoms with Crippen LogP contribution >= 0.6 is 0 Å². The van der Waals surface area contributed by atoms with E-state index in [-0.39, 0.29) is 18.5 Å². The van der Waals surface area contributed by atoms with Crippen molar-refractivity contribution in [2.24, 2.45) is 0 Å². The van der Waals surface area contributed by atoms with Gasteiger partial charge in [0.2, 0.25) is 0 Å². The molecule has 23 heavy (non-hydrogen) atoms. The highest BCUT2D eigenvalue weighted by Crippen LogP contribution is 2.24. The van der Waals surface area contributed by atoms with Crippen LogP contribution in [0.5, 0.6) is 0 Å². The van der Waals surface area contributed by atoms with Gasteiger partial charge >= 0.3 is 0 Å². The van der Waals surface area contributed by atoms with Crippen LogP contribution in [0.1, 0.15) is 29.7 Å². The number of rotatable bonds is 5. The number of hydrogen-bond acceptors (Lipinski definition) is 2. The number of halogens is 1. The highest BCUT2D eigenvalue weighted by atomic mass is 19.1. The molecule has 0 aliphatic carbocycles. The van der Waals surface area contributed by atoms with Crippen molar-refractivity contribution < 1.29 is 9.50 Å². The van der Waals surface area contributed by atoms with Crippen LogP contribution in [-0.4, -0.2) is 5.11 Å². The summed E-state index contributed by atoms with van der Waals surface area (Å²) in [7, 11) is 0. The number of aliphatic hydroxyl groups excluding tert-OH is 1. The van der Waals surface area contributed by atoms with Crippen molar-refractivity contribution in [1.29, 1.82) is 0 Å². The molecule has 2 nitrogen and oxygen atoms in total. The van der Waals surface area contributed by atoms with Gasteiger partial charge in [0, 0.05) is 18.2 Å². The van der Waals surface area contributed by atoms with E-state index in [9.17, 15) is 4.39 Å². The first-order valence-electron chi connectivity index (χ1n) is 7.78. The number of aliphatic hydroxyl groups is 1. The summed E-state index contributed by atoms with van der Waals surface area (Å²) in [6.07, 6.45) is 0. The molecule has 0 saturated heterocycles. The minimum atomic E-state index is -0.363. The Kier molecular flexibility index (Phi) is 4.70. The number of benzene rings is 3. The molecule has 0 aliphatic heterocycles. The summed E-state index contributed by atoms with van der Waals surface area (Å²) in [5.74, 6) is -0.363. The maximum absolute atomic E-state index is 13.4. The molecular weight excluding hydrogens is 289 g/mol. The van der Waals surface area contributed by atoms with E-state index in [4.69, 9.17) is 5.11 Å². The van der Waals surface area contributed by atoms with Gasteiger partial charge in [-0.3, -0.25) is 0 Å². The first kappa shape index (κ1) is 15.7. The van der Waals surface area contributed by atoms with Crippen LogP contribution in [0, 0.1) is 5.82 Å². The molecule has 3 aromatic carbocycles. The molecule has 0 saturated carbocycles. The Morgan fingerprint density at radius 3 is 2.65 bits per heavy atom. The third kappa shape index (κ3) is 3.41. The van der Waals surface area contributed by atoms with Crippen LogP contribution in [0.25, 0.3) is 10.8 Å². The second kappa shape index (κ2) is 6.90. The Hall–Kier alpha value is -2.23. The number of nitrogens with one attached hydrogen (secondary N) is 1. The van der Waals surface area contributed by atoms with Crippen LogP contribution in [0.3, 0.4) is 0 Å². The van der Waals surface area contributed by atoms with E-state index in [1.54, 1.807) is 12.1 Å². The van der Waals surface area contributed by atoms with Crippen LogP contribution in [0.15, 0.2) is 60.7 Å². The molecule has 0 radical (unpaired) electrons. The fourth-order valence-electron chi connectivity index (χ4n) is 2.87. The van der Waals surface area contributed by atoms with Crippen LogP contribution in [0.4, 0.5) is 4.39 Å². The van der Waals surface area contributed by atoms with E-state index in [2.05, 4.69) is 42.6 Å². The van der Waals surface area contributed by atoms with Crippen LogP contribution in [0.2, 0.25) is 0 Å². The number of fused-ring (bicyclic) bond motifs is 1. The smallest absolute Gasteiger partial charge is 0.128 e. The third-order valence-electron chi connectivity index (χ3n) is 4.18. The lowest BCUT2D eigenvalue weighted by Gasteiger charge is -2.17. The predicted octanol–water partition coefficient (Wildman–Crippen LogP) is 4.32. The van der Waals surface area contributed by atoms with E-state index in [1.807, 2.05) is 12.1 Å². The predicted molar refractivity (Wildman–Crippen MR) is 91.5 cm³/mol. The van der Waals surface area contributed by atoms with Gasteiger partial charge in [0.15, 0.2) is 0 Å². The van der Waals surface area contributed by atoms with Gasteiger partial charge in [0.25, 0.3) is 0 Å². The van der Waals surface area contributed by atoms with Crippen molar-refractivity contribution >= 4 is 10.8 Å². The normalized spacial score (nSPS) is 12.5. The number of hydrogen-bond donors (Lipinski definition) is 2. The molecular formula is C20H20FNO. The van der Waals surface area contributed by atoms with E-state index < -0.39 is 0 Å². The van der Waals surface area contributed by atoms with Crippen molar-refractivity contribution in [3.8, 4) is 0 Å². The van der Waals surface area contributed by atoms with Gasteiger partial charge in [0.05, 0.1) is 6.61 Å². The topological polar surface area (TPSA) is 32.3 Å². The van der Waals surface area contributed by atoms with E-state index >= 15 is 0 Å². The Bertz CT molecular complexity index is 810. The van der Waals surface area contributed by atoms with E-state index in [1.165, 1.54) is 22.4 Å². The molecule has 118 valence electrons.